The number of aromatic nitrogens is 2. The van der Waals surface area contributed by atoms with Crippen LogP contribution in [0.5, 0.6) is 5.75 Å². The summed E-state index contributed by atoms with van der Waals surface area (Å²) in [5.74, 6) is -1.03. The van der Waals surface area contributed by atoms with Crippen LogP contribution in [-0.4, -0.2) is 51.8 Å². The molecule has 1 aliphatic heterocycles. The zero-order valence-corrected chi connectivity index (χ0v) is 20.1. The zero-order chi connectivity index (χ0) is 25.3. The standard InChI is InChI=1S/C25H22F2N4O4S/c1-34-23-6-3-17(13-22(23)30-36(32,33)24-7-4-18(26)14-20(24)27)16-2-5-21-19(12-16)25(29-15-28-21)31-8-10-35-11-9-31/h2-7,12-15,30H,8-11H2,1H3. The molecule has 36 heavy (non-hydrogen) atoms. The van der Waals surface area contributed by atoms with Gasteiger partial charge in [0, 0.05) is 24.5 Å². The molecule has 0 aliphatic carbocycles. The van der Waals surface area contributed by atoms with E-state index in [0.717, 1.165) is 34.4 Å². The van der Waals surface area contributed by atoms with E-state index >= 15 is 0 Å². The van der Waals surface area contributed by atoms with Crippen LogP contribution in [0.3, 0.4) is 0 Å². The van der Waals surface area contributed by atoms with Crippen LogP contribution < -0.4 is 14.4 Å². The molecule has 8 nitrogen and oxygen atoms in total. The third-order valence-corrected chi connectivity index (χ3v) is 7.28. The summed E-state index contributed by atoms with van der Waals surface area (Å²) in [6, 6.07) is 13.0. The molecular formula is C25H22F2N4O4S. The maximum absolute atomic E-state index is 14.2. The van der Waals surface area contributed by atoms with Gasteiger partial charge in [-0.15, -0.1) is 0 Å². The number of rotatable bonds is 6. The van der Waals surface area contributed by atoms with Gasteiger partial charge in [-0.2, -0.15) is 0 Å². The van der Waals surface area contributed by atoms with Crippen LogP contribution >= 0.6 is 0 Å². The highest BCUT2D eigenvalue weighted by molar-refractivity contribution is 7.92. The monoisotopic (exact) mass is 512 g/mol. The number of nitrogens with one attached hydrogen (secondary N) is 1. The van der Waals surface area contributed by atoms with Crippen molar-refractivity contribution >= 4 is 32.4 Å². The molecule has 1 N–H and O–H groups in total. The van der Waals surface area contributed by atoms with Crippen molar-refractivity contribution in [2.75, 3.05) is 43.0 Å². The molecule has 5 rings (SSSR count). The number of fused-ring (bicyclic) bond motifs is 1. The Balaban J connectivity index is 1.54. The summed E-state index contributed by atoms with van der Waals surface area (Å²) >= 11 is 0. The van der Waals surface area contributed by atoms with Crippen LogP contribution in [0.1, 0.15) is 0 Å². The maximum Gasteiger partial charge on any atom is 0.264 e. The predicted octanol–water partition coefficient (Wildman–Crippen LogP) is 4.22. The van der Waals surface area contributed by atoms with E-state index < -0.39 is 26.6 Å². The average Bonchev–Trinajstić information content (AvgIpc) is 2.88. The minimum absolute atomic E-state index is 0.108. The zero-order valence-electron chi connectivity index (χ0n) is 19.2. The highest BCUT2D eigenvalue weighted by Crippen LogP contribution is 2.35. The average molecular weight is 513 g/mol. The second kappa shape index (κ2) is 9.67. The SMILES string of the molecule is COc1ccc(-c2ccc3ncnc(N4CCOCC4)c3c2)cc1NS(=O)(=O)c1ccc(F)cc1F. The molecular weight excluding hydrogens is 490 g/mol. The molecule has 0 spiro atoms. The topological polar surface area (TPSA) is 93.7 Å². The highest BCUT2D eigenvalue weighted by atomic mass is 32.2. The van der Waals surface area contributed by atoms with Gasteiger partial charge in [0.25, 0.3) is 10.0 Å². The molecule has 0 bridgehead atoms. The van der Waals surface area contributed by atoms with Crippen molar-refractivity contribution in [3.8, 4) is 16.9 Å². The number of halogens is 2. The summed E-state index contributed by atoms with van der Waals surface area (Å²) in [4.78, 5) is 10.3. The van der Waals surface area contributed by atoms with E-state index in [1.807, 2.05) is 18.2 Å². The molecule has 1 aromatic heterocycles. The van der Waals surface area contributed by atoms with Crippen LogP contribution in [0.2, 0.25) is 0 Å². The van der Waals surface area contributed by atoms with Gasteiger partial charge in [-0.05, 0) is 47.5 Å². The number of methoxy groups -OCH3 is 1. The predicted molar refractivity (Wildman–Crippen MR) is 132 cm³/mol. The largest absolute Gasteiger partial charge is 0.495 e. The van der Waals surface area contributed by atoms with E-state index in [1.54, 1.807) is 18.2 Å². The van der Waals surface area contributed by atoms with Crippen molar-refractivity contribution in [3.05, 3.63) is 72.6 Å². The molecule has 186 valence electrons. The number of hydrogen-bond donors (Lipinski definition) is 1. The third-order valence-electron chi connectivity index (χ3n) is 5.89. The Hall–Kier alpha value is -3.83. The molecule has 1 aliphatic rings. The Labute approximate surface area is 206 Å². The minimum Gasteiger partial charge on any atom is -0.495 e. The van der Waals surface area contributed by atoms with Crippen molar-refractivity contribution in [1.82, 2.24) is 9.97 Å². The van der Waals surface area contributed by atoms with Crippen LogP contribution in [-0.2, 0) is 14.8 Å². The van der Waals surface area contributed by atoms with Crippen LogP contribution in [0.4, 0.5) is 20.3 Å². The van der Waals surface area contributed by atoms with Crippen molar-refractivity contribution < 1.29 is 26.7 Å². The molecule has 11 heteroatoms. The van der Waals surface area contributed by atoms with E-state index in [2.05, 4.69) is 19.6 Å². The summed E-state index contributed by atoms with van der Waals surface area (Å²) in [5, 5.41) is 0.850. The highest BCUT2D eigenvalue weighted by Gasteiger charge is 2.22. The third kappa shape index (κ3) is 4.67. The van der Waals surface area contributed by atoms with E-state index in [0.29, 0.717) is 37.9 Å². The number of benzene rings is 3. The first-order valence-corrected chi connectivity index (χ1v) is 12.6. The lowest BCUT2D eigenvalue weighted by atomic mass is 10.0. The van der Waals surface area contributed by atoms with Gasteiger partial charge in [0.05, 0.1) is 31.5 Å². The Morgan fingerprint density at radius 3 is 2.47 bits per heavy atom. The van der Waals surface area contributed by atoms with Gasteiger partial charge >= 0.3 is 0 Å². The number of hydrogen-bond acceptors (Lipinski definition) is 7. The first-order chi connectivity index (χ1) is 17.4. The lowest BCUT2D eigenvalue weighted by Gasteiger charge is -2.28. The molecule has 4 aromatic rings. The Bertz CT molecular complexity index is 1540. The fourth-order valence-electron chi connectivity index (χ4n) is 4.11. The summed E-state index contributed by atoms with van der Waals surface area (Å²) in [6.07, 6.45) is 1.53. The van der Waals surface area contributed by atoms with E-state index in [9.17, 15) is 17.2 Å². The second-order valence-corrected chi connectivity index (χ2v) is 9.77. The van der Waals surface area contributed by atoms with Gasteiger partial charge < -0.3 is 14.4 Å². The van der Waals surface area contributed by atoms with Gasteiger partial charge in [-0.3, -0.25) is 4.72 Å². The molecule has 0 amide bonds. The fraction of sp³-hybridized carbons (Fsp3) is 0.200. The minimum atomic E-state index is -4.36. The Kier molecular flexibility index (Phi) is 6.42. The maximum atomic E-state index is 14.2. The smallest absolute Gasteiger partial charge is 0.264 e. The van der Waals surface area contributed by atoms with E-state index in [1.165, 1.54) is 13.4 Å². The lowest BCUT2D eigenvalue weighted by Crippen LogP contribution is -2.36. The first kappa shape index (κ1) is 23.9. The van der Waals surface area contributed by atoms with Gasteiger partial charge in [-0.1, -0.05) is 12.1 Å². The summed E-state index contributed by atoms with van der Waals surface area (Å²) < 4.78 is 66.4. The molecule has 2 heterocycles. The van der Waals surface area contributed by atoms with Crippen LogP contribution in [0, 0.1) is 11.6 Å². The molecule has 0 saturated carbocycles. The summed E-state index contributed by atoms with van der Waals surface area (Å²) in [6.45, 7) is 2.65. The van der Waals surface area contributed by atoms with Crippen molar-refractivity contribution in [2.45, 2.75) is 4.90 Å². The molecule has 1 fully saturated rings. The van der Waals surface area contributed by atoms with Crippen molar-refractivity contribution in [2.24, 2.45) is 0 Å². The van der Waals surface area contributed by atoms with E-state index in [4.69, 9.17) is 9.47 Å². The lowest BCUT2D eigenvalue weighted by molar-refractivity contribution is 0.122. The molecule has 0 radical (unpaired) electrons. The Morgan fingerprint density at radius 1 is 0.972 bits per heavy atom. The van der Waals surface area contributed by atoms with E-state index in [-0.39, 0.29) is 11.4 Å². The summed E-state index contributed by atoms with van der Waals surface area (Å²) in [5.41, 5.74) is 2.36. The quantitative estimate of drug-likeness (QED) is 0.413. The number of anilines is 2. The normalized spacial score (nSPS) is 14.1. The van der Waals surface area contributed by atoms with Gasteiger partial charge in [0.2, 0.25) is 0 Å². The molecule has 0 unspecified atom stereocenters. The van der Waals surface area contributed by atoms with Gasteiger partial charge in [0.15, 0.2) is 0 Å². The number of sulfonamides is 1. The number of ether oxygens (including phenoxy) is 2. The number of nitrogens with zero attached hydrogens (tertiary/aromatic N) is 3. The molecule has 1 saturated heterocycles. The molecule has 0 atom stereocenters. The van der Waals surface area contributed by atoms with Gasteiger partial charge in [-0.25, -0.2) is 27.2 Å². The van der Waals surface area contributed by atoms with Crippen molar-refractivity contribution in [1.29, 1.82) is 0 Å². The van der Waals surface area contributed by atoms with Crippen molar-refractivity contribution in [3.63, 3.8) is 0 Å². The van der Waals surface area contributed by atoms with Crippen LogP contribution in [0.15, 0.2) is 65.8 Å². The fourth-order valence-corrected chi connectivity index (χ4v) is 5.23. The van der Waals surface area contributed by atoms with Crippen LogP contribution in [0.25, 0.3) is 22.0 Å². The molecule has 3 aromatic carbocycles. The first-order valence-electron chi connectivity index (χ1n) is 11.1. The second-order valence-electron chi connectivity index (χ2n) is 8.12. The Morgan fingerprint density at radius 2 is 1.72 bits per heavy atom. The summed E-state index contributed by atoms with van der Waals surface area (Å²) in [7, 11) is -2.96. The van der Waals surface area contributed by atoms with Gasteiger partial charge in [0.1, 0.15) is 34.4 Å². The number of morpholine rings is 1.